The van der Waals surface area contributed by atoms with Crippen molar-refractivity contribution in [3.8, 4) is 0 Å². The predicted octanol–water partition coefficient (Wildman–Crippen LogP) is -1.19. The molecular formula is C71H123N17O12. The molecule has 12 amide bonds. The summed E-state index contributed by atoms with van der Waals surface area (Å²) in [6.07, 6.45) is 7.76. The number of carbonyl (C=O) groups is 12. The highest BCUT2D eigenvalue weighted by Crippen LogP contribution is 2.31. The van der Waals surface area contributed by atoms with Crippen LogP contribution in [0.25, 0.3) is 0 Å². The van der Waals surface area contributed by atoms with E-state index >= 15 is 0 Å². The number of primary amides is 1. The van der Waals surface area contributed by atoms with E-state index in [2.05, 4.69) is 79.8 Å². The van der Waals surface area contributed by atoms with Gasteiger partial charge in [0.05, 0.1) is 65.6 Å². The van der Waals surface area contributed by atoms with Gasteiger partial charge in [-0.1, -0.05) is 88.5 Å². The molecule has 3 aliphatic carbocycles. The van der Waals surface area contributed by atoms with E-state index < -0.39 is 102 Å². The first-order valence-electron chi connectivity index (χ1n) is 37.6. The number of hydrogen-bond donors (Lipinski definition) is 17. The van der Waals surface area contributed by atoms with E-state index in [9.17, 15) is 57.5 Å². The van der Waals surface area contributed by atoms with Crippen LogP contribution in [0.3, 0.4) is 0 Å². The van der Waals surface area contributed by atoms with Gasteiger partial charge in [0.15, 0.2) is 0 Å². The molecular weight excluding hydrogens is 1280 g/mol. The van der Waals surface area contributed by atoms with Crippen LogP contribution >= 0.6 is 0 Å². The second-order valence-corrected chi connectivity index (χ2v) is 32.0. The van der Waals surface area contributed by atoms with Gasteiger partial charge in [-0.15, -0.1) is 0 Å². The Bertz CT molecular complexity index is 2830. The van der Waals surface area contributed by atoms with Crippen LogP contribution in [-0.4, -0.2) is 196 Å². The van der Waals surface area contributed by atoms with E-state index in [0.717, 1.165) is 32.1 Å². The molecule has 0 spiro atoms. The van der Waals surface area contributed by atoms with Crippen LogP contribution in [0.1, 0.15) is 178 Å². The lowest BCUT2D eigenvalue weighted by Gasteiger charge is -2.29. The summed E-state index contributed by atoms with van der Waals surface area (Å²) < 4.78 is 0. The first kappa shape index (κ1) is 80.7. The van der Waals surface area contributed by atoms with Crippen LogP contribution in [0.15, 0.2) is 0 Å². The molecule has 4 heterocycles. The molecule has 19 N–H and O–H groups in total. The Morgan fingerprint density at radius 2 is 0.630 bits per heavy atom. The highest BCUT2D eigenvalue weighted by molar-refractivity contribution is 5.89. The van der Waals surface area contributed by atoms with Crippen LogP contribution < -0.4 is 91.2 Å². The summed E-state index contributed by atoms with van der Waals surface area (Å²) in [6.45, 7) is 22.3. The van der Waals surface area contributed by atoms with Crippen molar-refractivity contribution < 1.29 is 57.5 Å². The molecule has 4 saturated heterocycles. The zero-order chi connectivity index (χ0) is 73.1. The van der Waals surface area contributed by atoms with Crippen LogP contribution in [0.5, 0.6) is 0 Å². The van der Waals surface area contributed by atoms with Crippen molar-refractivity contribution >= 4 is 70.9 Å². The van der Waals surface area contributed by atoms with Crippen molar-refractivity contribution in [1.82, 2.24) is 79.8 Å². The standard InChI is InChI=1S/C71H123N17O12/c1-36(2)20-41(78-63(92)26-54(39(7)8)87-71(100)50-31-77-35-59(50)84-64(93)27-55(40(9)10)86-67(96)46-16-13-19-53(46)85-66(95)44-14-11-17-51(44)72)23-61(90)82-57-33-75-29-48(57)70(99)80-43(22-38(5)6)25-62(91)83-58-34-76-30-49(58)69(98)79-42(21-37(3)4)24-60(89)81-52-18-12-15-45(52)68(97)88-56-32-74-28-47(56)65(73)94/h36-59,74-77H,11-35,72H2,1-10H3,(H2,73,94)(H,78,92)(H,79,98)(H,80,99)(H,81,89)(H,82,90)(H,83,91)(H,84,93)(H,85,95)(H,86,96)(H,87,100)(H,88,97)/t41-,42-,43-,44-,45-,46-,47-,48-,49-,50-,51-,52-,53-,54+,55+,56-,57-,58-,59-/m0/s1. The highest BCUT2D eigenvalue weighted by atomic mass is 16.2. The lowest BCUT2D eigenvalue weighted by molar-refractivity contribution is -0.131. The second-order valence-electron chi connectivity index (χ2n) is 32.0. The van der Waals surface area contributed by atoms with Crippen molar-refractivity contribution in [2.45, 2.75) is 251 Å². The third-order valence-electron chi connectivity index (χ3n) is 21.6. The smallest absolute Gasteiger partial charge is 0.226 e. The van der Waals surface area contributed by atoms with Gasteiger partial charge in [-0.25, -0.2) is 0 Å². The monoisotopic (exact) mass is 1410 g/mol. The third-order valence-corrected chi connectivity index (χ3v) is 21.6. The number of hydrogen-bond acceptors (Lipinski definition) is 17. The fourth-order valence-corrected chi connectivity index (χ4v) is 16.0. The molecule has 4 aliphatic heterocycles. The van der Waals surface area contributed by atoms with Gasteiger partial charge in [0, 0.05) is 133 Å². The topological polar surface area (TPSA) is 437 Å². The minimum absolute atomic E-state index is 0.00793. The fourth-order valence-electron chi connectivity index (χ4n) is 16.0. The molecule has 7 rings (SSSR count). The molecule has 0 radical (unpaired) electrons. The van der Waals surface area contributed by atoms with Gasteiger partial charge in [0.25, 0.3) is 0 Å². The number of rotatable bonds is 36. The first-order chi connectivity index (χ1) is 47.4. The summed E-state index contributed by atoms with van der Waals surface area (Å²) in [5.74, 6) is -7.21. The van der Waals surface area contributed by atoms with E-state index in [1.807, 2.05) is 69.2 Å². The molecule has 3 saturated carbocycles. The molecule has 7 fully saturated rings. The highest BCUT2D eigenvalue weighted by Gasteiger charge is 2.44. The van der Waals surface area contributed by atoms with Crippen molar-refractivity contribution in [3.63, 3.8) is 0 Å². The average Bonchev–Trinajstić information content (AvgIpc) is 1.72. The summed E-state index contributed by atoms with van der Waals surface area (Å²) in [4.78, 5) is 164. The normalized spacial score (nSPS) is 28.8. The van der Waals surface area contributed by atoms with E-state index in [1.165, 1.54) is 0 Å². The van der Waals surface area contributed by atoms with Crippen LogP contribution in [0.4, 0.5) is 0 Å². The third kappa shape index (κ3) is 24.3. The Morgan fingerprint density at radius 3 is 1.03 bits per heavy atom. The maximum absolute atomic E-state index is 14.2. The lowest BCUT2D eigenvalue weighted by atomic mass is 9.95. The average molecular weight is 1410 g/mol. The maximum atomic E-state index is 14.2. The van der Waals surface area contributed by atoms with E-state index in [-0.39, 0.29) is 151 Å². The molecule has 564 valence electrons. The maximum Gasteiger partial charge on any atom is 0.226 e. The summed E-state index contributed by atoms with van der Waals surface area (Å²) in [7, 11) is 0. The van der Waals surface area contributed by atoms with Gasteiger partial charge in [0.2, 0.25) is 70.9 Å². The Hall–Kier alpha value is -6.56. The number of carbonyl (C=O) groups excluding carboxylic acids is 12. The zero-order valence-corrected chi connectivity index (χ0v) is 61.1. The molecule has 100 heavy (non-hydrogen) atoms. The number of amides is 12. The fraction of sp³-hybridized carbons (Fsp3) is 0.831. The van der Waals surface area contributed by atoms with Crippen LogP contribution in [0, 0.1) is 71.0 Å². The van der Waals surface area contributed by atoms with Crippen molar-refractivity contribution in [1.29, 1.82) is 0 Å². The Morgan fingerprint density at radius 1 is 0.320 bits per heavy atom. The molecule has 19 atom stereocenters. The van der Waals surface area contributed by atoms with Gasteiger partial charge in [0.1, 0.15) is 0 Å². The predicted molar refractivity (Wildman–Crippen MR) is 377 cm³/mol. The molecule has 0 aromatic carbocycles. The Kier molecular flexibility index (Phi) is 31.2. The molecule has 0 unspecified atom stereocenters. The number of nitrogens with one attached hydrogen (secondary N) is 15. The van der Waals surface area contributed by atoms with Gasteiger partial charge >= 0.3 is 0 Å². The van der Waals surface area contributed by atoms with Crippen molar-refractivity contribution in [2.24, 2.45) is 82.5 Å². The summed E-state index contributed by atoms with van der Waals surface area (Å²) in [5, 5.41) is 46.5. The molecule has 7 aliphatic rings. The van der Waals surface area contributed by atoms with E-state index in [1.54, 1.807) is 0 Å². The second kappa shape index (κ2) is 38.6. The summed E-state index contributed by atoms with van der Waals surface area (Å²) >= 11 is 0. The molecule has 29 heteroatoms. The number of nitrogens with two attached hydrogens (primary N) is 2. The van der Waals surface area contributed by atoms with Crippen LogP contribution in [0.2, 0.25) is 0 Å². The lowest BCUT2D eigenvalue weighted by Crippen LogP contribution is -2.53. The largest absolute Gasteiger partial charge is 0.369 e. The first-order valence-corrected chi connectivity index (χ1v) is 37.6. The van der Waals surface area contributed by atoms with Gasteiger partial charge in [-0.3, -0.25) is 57.5 Å². The minimum Gasteiger partial charge on any atom is -0.369 e. The van der Waals surface area contributed by atoms with Crippen molar-refractivity contribution in [3.05, 3.63) is 0 Å². The Labute approximate surface area is 591 Å². The molecule has 29 nitrogen and oxygen atoms in total. The molecule has 0 bridgehead atoms. The SMILES string of the molecule is CC(C)C[C@@H](CC(=O)N[C@H]1CNC[C@@H]1C(=O)N[C@H](CC(=O)N[C@H]1CNC[C@@H]1C(=O)N[C@H](CC(=O)N[C@H]1CCC[C@@H]1C(=O)N[C@H]1CNC[C@@H]1C(N)=O)CC(C)C)CC(C)C)NC(=O)C[C@@H](NC(=O)[C@H]1CNC[C@@H]1NC(=O)C[C@@H](NC(=O)[C@H]1CCC[C@@H]1NC(=O)[C@H]1CCC[C@@H]1N)C(C)C)C(C)C. The zero-order valence-electron chi connectivity index (χ0n) is 61.1. The van der Waals surface area contributed by atoms with Gasteiger partial charge in [-0.05, 0) is 87.4 Å². The van der Waals surface area contributed by atoms with E-state index in [4.69, 9.17) is 11.5 Å². The summed E-state index contributed by atoms with van der Waals surface area (Å²) in [6, 6.07) is -5.77. The van der Waals surface area contributed by atoms with E-state index in [0.29, 0.717) is 90.8 Å². The summed E-state index contributed by atoms with van der Waals surface area (Å²) in [5.41, 5.74) is 11.8. The Balaban J connectivity index is 0.852. The van der Waals surface area contributed by atoms with Crippen molar-refractivity contribution in [2.75, 3.05) is 52.4 Å². The molecule has 0 aromatic heterocycles. The van der Waals surface area contributed by atoms with Gasteiger partial charge < -0.3 is 91.2 Å². The molecule has 0 aromatic rings. The van der Waals surface area contributed by atoms with Crippen LogP contribution in [-0.2, 0) is 57.5 Å². The van der Waals surface area contributed by atoms with Gasteiger partial charge in [-0.2, -0.15) is 0 Å². The quantitative estimate of drug-likeness (QED) is 0.0351. The minimum atomic E-state index is -0.675.